The Hall–Kier alpha value is -1.14. The lowest BCUT2D eigenvalue weighted by Gasteiger charge is -2.38. The van der Waals surface area contributed by atoms with E-state index in [9.17, 15) is 9.59 Å². The number of carboxylic acid groups (broad SMARTS) is 2. The number of carboxylic acids is 2. The number of nitrogens with zero attached hydrogens (tertiary/aromatic N) is 1. The average Bonchev–Trinajstić information content (AvgIpc) is 2.24. The maximum Gasteiger partial charge on any atom is 0.317 e. The molecule has 0 aromatic carbocycles. The lowest BCUT2D eigenvalue weighted by Crippen LogP contribution is -2.52. The van der Waals surface area contributed by atoms with Gasteiger partial charge in [0.15, 0.2) is 0 Å². The molecule has 0 bridgehead atoms. The van der Waals surface area contributed by atoms with Crippen molar-refractivity contribution in [1.82, 2.24) is 10.2 Å². The molecule has 1 heterocycles. The summed E-state index contributed by atoms with van der Waals surface area (Å²) in [5.74, 6) is -0.856. The number of rotatable bonds is 7. The Balaban J connectivity index is 1.84. The van der Waals surface area contributed by atoms with Gasteiger partial charge in [-0.1, -0.05) is 6.42 Å². The molecule has 20 heavy (non-hydrogen) atoms. The van der Waals surface area contributed by atoms with E-state index < -0.39 is 11.9 Å². The zero-order valence-corrected chi connectivity index (χ0v) is 11.8. The topological polar surface area (TPSA) is 89.9 Å². The summed E-state index contributed by atoms with van der Waals surface area (Å²) >= 11 is 0. The van der Waals surface area contributed by atoms with Gasteiger partial charge in [-0.3, -0.25) is 14.5 Å². The van der Waals surface area contributed by atoms with Crippen LogP contribution in [0.15, 0.2) is 0 Å². The second-order valence-corrected chi connectivity index (χ2v) is 6.19. The van der Waals surface area contributed by atoms with Crippen LogP contribution in [0.4, 0.5) is 0 Å². The average molecular weight is 284 g/mol. The molecular weight excluding hydrogens is 260 g/mol. The van der Waals surface area contributed by atoms with E-state index in [-0.39, 0.29) is 24.9 Å². The molecule has 1 aliphatic heterocycles. The second-order valence-electron chi connectivity index (χ2n) is 6.19. The summed E-state index contributed by atoms with van der Waals surface area (Å²) in [4.78, 5) is 23.6. The van der Waals surface area contributed by atoms with Gasteiger partial charge in [0, 0.05) is 25.6 Å². The quantitative estimate of drug-likeness (QED) is 0.635. The Kier molecular flexibility index (Phi) is 5.37. The minimum atomic E-state index is -0.848. The fourth-order valence-corrected chi connectivity index (χ4v) is 3.20. The smallest absolute Gasteiger partial charge is 0.317 e. The van der Waals surface area contributed by atoms with Crippen LogP contribution in [0.2, 0.25) is 0 Å². The van der Waals surface area contributed by atoms with Crippen molar-refractivity contribution in [2.75, 3.05) is 26.2 Å². The molecular formula is C14H24N2O4. The molecule has 0 radical (unpaired) electrons. The number of aliphatic carboxylic acids is 2. The first-order valence-electron chi connectivity index (χ1n) is 7.42. The normalized spacial score (nSPS) is 28.0. The van der Waals surface area contributed by atoms with Crippen molar-refractivity contribution in [2.24, 2.45) is 11.8 Å². The number of likely N-dealkylation sites (tertiary alicyclic amines) is 1. The molecule has 2 unspecified atom stereocenters. The molecule has 2 atom stereocenters. The van der Waals surface area contributed by atoms with Crippen LogP contribution in [0.3, 0.4) is 0 Å². The van der Waals surface area contributed by atoms with Gasteiger partial charge in [-0.2, -0.15) is 0 Å². The predicted molar refractivity (Wildman–Crippen MR) is 73.6 cm³/mol. The molecule has 1 saturated carbocycles. The minimum Gasteiger partial charge on any atom is -0.481 e. The monoisotopic (exact) mass is 284 g/mol. The fourth-order valence-electron chi connectivity index (χ4n) is 3.20. The Morgan fingerprint density at radius 3 is 2.40 bits per heavy atom. The van der Waals surface area contributed by atoms with E-state index >= 15 is 0 Å². The molecule has 6 nitrogen and oxygen atoms in total. The van der Waals surface area contributed by atoms with Gasteiger partial charge in [0.05, 0.1) is 6.54 Å². The zero-order valence-electron chi connectivity index (χ0n) is 11.8. The highest BCUT2D eigenvalue weighted by molar-refractivity contribution is 5.69. The van der Waals surface area contributed by atoms with Crippen LogP contribution in [0.25, 0.3) is 0 Å². The molecule has 0 aromatic heterocycles. The second kappa shape index (κ2) is 7.04. The van der Waals surface area contributed by atoms with Gasteiger partial charge >= 0.3 is 11.9 Å². The molecule has 2 fully saturated rings. The van der Waals surface area contributed by atoms with E-state index in [2.05, 4.69) is 5.32 Å². The van der Waals surface area contributed by atoms with Crippen LogP contribution in [0, 0.1) is 11.8 Å². The molecule has 2 rings (SSSR count). The highest BCUT2D eigenvalue weighted by atomic mass is 16.4. The van der Waals surface area contributed by atoms with Gasteiger partial charge in [-0.05, 0) is 37.6 Å². The summed E-state index contributed by atoms with van der Waals surface area (Å²) in [6.45, 7) is 2.25. The third-order valence-corrected chi connectivity index (χ3v) is 4.35. The number of hydrogen-bond acceptors (Lipinski definition) is 4. The fraction of sp³-hybridized carbons (Fsp3) is 0.857. The maximum atomic E-state index is 10.9. The molecule has 3 N–H and O–H groups in total. The highest BCUT2D eigenvalue weighted by Crippen LogP contribution is 2.26. The van der Waals surface area contributed by atoms with Gasteiger partial charge in [-0.15, -0.1) is 0 Å². The predicted octanol–water partition coefficient (Wildman–Crippen LogP) is 0.626. The highest BCUT2D eigenvalue weighted by Gasteiger charge is 2.30. The standard InChI is InChI=1S/C14H24N2O4/c17-13(18)5-11-4-12(15-6-10-2-1-3-10)8-16(7-11)9-14(19)20/h10-12,15H,1-9H2,(H,17,18)(H,19,20). The molecule has 0 aromatic rings. The molecule has 1 saturated heterocycles. The van der Waals surface area contributed by atoms with E-state index in [1.54, 1.807) is 0 Å². The first kappa shape index (κ1) is 15.3. The van der Waals surface area contributed by atoms with Crippen LogP contribution in [0.5, 0.6) is 0 Å². The Morgan fingerprint density at radius 2 is 1.85 bits per heavy atom. The Bertz CT molecular complexity index is 333. The summed E-state index contributed by atoms with van der Waals surface area (Å²) in [6.07, 6.45) is 4.81. The SMILES string of the molecule is O=C(O)CC1CC(NCC2CCC2)CN(CC(=O)O)C1. The molecule has 0 spiro atoms. The molecule has 1 aliphatic carbocycles. The number of nitrogens with one attached hydrogen (secondary N) is 1. The zero-order chi connectivity index (χ0) is 14.5. The molecule has 2 aliphatic rings. The van der Waals surface area contributed by atoms with Crippen LogP contribution in [0.1, 0.15) is 32.1 Å². The van der Waals surface area contributed by atoms with Crippen molar-refractivity contribution in [3.05, 3.63) is 0 Å². The van der Waals surface area contributed by atoms with Crippen molar-refractivity contribution in [3.63, 3.8) is 0 Å². The van der Waals surface area contributed by atoms with Crippen molar-refractivity contribution < 1.29 is 19.8 Å². The first-order chi connectivity index (χ1) is 9.52. The molecule has 6 heteroatoms. The van der Waals surface area contributed by atoms with E-state index in [0.717, 1.165) is 18.9 Å². The third-order valence-electron chi connectivity index (χ3n) is 4.35. The third kappa shape index (κ3) is 4.76. The van der Waals surface area contributed by atoms with Gasteiger partial charge < -0.3 is 15.5 Å². The van der Waals surface area contributed by atoms with Crippen LogP contribution in [-0.4, -0.2) is 59.3 Å². The van der Waals surface area contributed by atoms with Crippen LogP contribution < -0.4 is 5.32 Å². The van der Waals surface area contributed by atoms with Gasteiger partial charge in [0.1, 0.15) is 0 Å². The summed E-state index contributed by atoms with van der Waals surface area (Å²) < 4.78 is 0. The van der Waals surface area contributed by atoms with E-state index in [4.69, 9.17) is 10.2 Å². The van der Waals surface area contributed by atoms with Crippen molar-refractivity contribution in [1.29, 1.82) is 0 Å². The van der Waals surface area contributed by atoms with Crippen LogP contribution in [-0.2, 0) is 9.59 Å². The molecule has 0 amide bonds. The minimum absolute atomic E-state index is 0.00225. The van der Waals surface area contributed by atoms with E-state index in [1.807, 2.05) is 4.90 Å². The van der Waals surface area contributed by atoms with Gasteiger partial charge in [0.25, 0.3) is 0 Å². The Morgan fingerprint density at radius 1 is 1.10 bits per heavy atom. The van der Waals surface area contributed by atoms with Crippen molar-refractivity contribution in [2.45, 2.75) is 38.1 Å². The van der Waals surface area contributed by atoms with Crippen molar-refractivity contribution in [3.8, 4) is 0 Å². The lowest BCUT2D eigenvalue weighted by atomic mass is 9.84. The number of hydrogen-bond donors (Lipinski definition) is 3. The van der Waals surface area contributed by atoms with Crippen molar-refractivity contribution >= 4 is 11.9 Å². The Labute approximate surface area is 119 Å². The van der Waals surface area contributed by atoms with E-state index in [0.29, 0.717) is 13.1 Å². The van der Waals surface area contributed by atoms with E-state index in [1.165, 1.54) is 19.3 Å². The summed E-state index contributed by atoms with van der Waals surface area (Å²) in [7, 11) is 0. The van der Waals surface area contributed by atoms with Gasteiger partial charge in [0.2, 0.25) is 0 Å². The first-order valence-corrected chi connectivity index (χ1v) is 7.42. The number of carbonyl (C=O) groups is 2. The number of piperidine rings is 1. The largest absolute Gasteiger partial charge is 0.481 e. The summed E-state index contributed by atoms with van der Waals surface area (Å²) in [5.41, 5.74) is 0. The maximum absolute atomic E-state index is 10.9. The lowest BCUT2D eigenvalue weighted by molar-refractivity contribution is -0.139. The summed E-state index contributed by atoms with van der Waals surface area (Å²) in [5, 5.41) is 21.3. The van der Waals surface area contributed by atoms with Crippen LogP contribution >= 0.6 is 0 Å². The molecule has 114 valence electrons. The summed E-state index contributed by atoms with van der Waals surface area (Å²) in [6, 6.07) is 0.216. The van der Waals surface area contributed by atoms with Gasteiger partial charge in [-0.25, -0.2) is 0 Å².